The van der Waals surface area contributed by atoms with Crippen LogP contribution in [0.4, 0.5) is 0 Å². The molecule has 0 unspecified atom stereocenters. The summed E-state index contributed by atoms with van der Waals surface area (Å²) in [7, 11) is 1.28. The number of benzene rings is 1. The van der Waals surface area contributed by atoms with Crippen molar-refractivity contribution in [2.75, 3.05) is 20.3 Å². The molecule has 0 aromatic heterocycles. The fourth-order valence-electron chi connectivity index (χ4n) is 1.55. The molecule has 0 N–H and O–H groups in total. The Labute approximate surface area is 123 Å². The van der Waals surface area contributed by atoms with Gasteiger partial charge in [-0.2, -0.15) is 0 Å². The van der Waals surface area contributed by atoms with Crippen LogP contribution in [0.1, 0.15) is 13.8 Å². The molecular weight excluding hydrogens is 282 g/mol. The lowest BCUT2D eigenvalue weighted by Gasteiger charge is -2.25. The highest BCUT2D eigenvalue weighted by atomic mass is 35.5. The van der Waals surface area contributed by atoms with E-state index in [4.69, 9.17) is 16.3 Å². The van der Waals surface area contributed by atoms with E-state index in [0.717, 1.165) is 0 Å². The van der Waals surface area contributed by atoms with Gasteiger partial charge < -0.3 is 14.4 Å². The molecule has 0 spiro atoms. The van der Waals surface area contributed by atoms with E-state index in [1.807, 2.05) is 13.8 Å². The predicted octanol–water partition coefficient (Wildman–Crippen LogP) is 2.13. The molecule has 0 aliphatic rings. The van der Waals surface area contributed by atoms with Crippen LogP contribution in [-0.4, -0.2) is 43.1 Å². The van der Waals surface area contributed by atoms with Crippen LogP contribution < -0.4 is 4.74 Å². The van der Waals surface area contributed by atoms with Gasteiger partial charge in [0.1, 0.15) is 12.3 Å². The molecule has 0 bridgehead atoms. The fraction of sp³-hybridized carbons (Fsp3) is 0.429. The van der Waals surface area contributed by atoms with Crippen molar-refractivity contribution in [2.45, 2.75) is 19.9 Å². The minimum absolute atomic E-state index is 0.0983. The summed E-state index contributed by atoms with van der Waals surface area (Å²) in [5.74, 6) is -0.334. The van der Waals surface area contributed by atoms with Gasteiger partial charge in [-0.3, -0.25) is 9.59 Å². The number of esters is 1. The molecule has 0 heterocycles. The Kier molecular flexibility index (Phi) is 6.31. The van der Waals surface area contributed by atoms with Crippen LogP contribution in [0.25, 0.3) is 0 Å². The number of halogens is 1. The van der Waals surface area contributed by atoms with Crippen molar-refractivity contribution in [3.8, 4) is 5.75 Å². The normalized spacial score (nSPS) is 10.2. The summed E-state index contributed by atoms with van der Waals surface area (Å²) >= 11 is 5.93. The summed E-state index contributed by atoms with van der Waals surface area (Å²) < 4.78 is 9.94. The van der Waals surface area contributed by atoms with Gasteiger partial charge >= 0.3 is 5.97 Å². The molecule has 1 aromatic rings. The van der Waals surface area contributed by atoms with Crippen molar-refractivity contribution < 1.29 is 19.1 Å². The minimum atomic E-state index is -0.468. The molecule has 0 saturated heterocycles. The van der Waals surface area contributed by atoms with E-state index in [-0.39, 0.29) is 25.1 Å². The third-order valence-electron chi connectivity index (χ3n) is 2.66. The Hall–Kier alpha value is -1.75. The van der Waals surface area contributed by atoms with E-state index in [1.54, 1.807) is 24.3 Å². The van der Waals surface area contributed by atoms with Crippen molar-refractivity contribution in [1.29, 1.82) is 0 Å². The molecule has 5 nitrogen and oxygen atoms in total. The maximum atomic E-state index is 12.1. The Morgan fingerprint density at radius 3 is 2.50 bits per heavy atom. The number of hydrogen-bond donors (Lipinski definition) is 0. The van der Waals surface area contributed by atoms with Gasteiger partial charge in [0.15, 0.2) is 6.61 Å². The summed E-state index contributed by atoms with van der Waals surface area (Å²) in [5, 5.41) is 0.435. The van der Waals surface area contributed by atoms with Crippen molar-refractivity contribution in [3.05, 3.63) is 29.3 Å². The maximum absolute atomic E-state index is 12.1. The largest absolute Gasteiger partial charge is 0.482 e. The summed E-state index contributed by atoms with van der Waals surface area (Å²) in [6, 6.07) is 6.76. The summed E-state index contributed by atoms with van der Waals surface area (Å²) in [6.45, 7) is 3.35. The van der Waals surface area contributed by atoms with Crippen LogP contribution in [0.3, 0.4) is 0 Å². The molecule has 0 aliphatic heterocycles. The number of para-hydroxylation sites is 1. The molecule has 0 atom stereocenters. The second-order valence-electron chi connectivity index (χ2n) is 4.41. The molecule has 6 heteroatoms. The smallest absolute Gasteiger partial charge is 0.325 e. The average Bonchev–Trinajstić information content (AvgIpc) is 2.42. The molecule has 1 aromatic carbocycles. The van der Waals surface area contributed by atoms with Gasteiger partial charge in [0.2, 0.25) is 0 Å². The van der Waals surface area contributed by atoms with Gasteiger partial charge in [-0.25, -0.2) is 0 Å². The SMILES string of the molecule is COC(=O)CN(C(=O)COc1ccccc1Cl)C(C)C. The van der Waals surface area contributed by atoms with Gasteiger partial charge in [-0.05, 0) is 26.0 Å². The Balaban J connectivity index is 2.63. The van der Waals surface area contributed by atoms with Crippen LogP contribution >= 0.6 is 11.6 Å². The lowest BCUT2D eigenvalue weighted by atomic mass is 10.3. The fourth-order valence-corrected chi connectivity index (χ4v) is 1.74. The number of carbonyl (C=O) groups is 2. The van der Waals surface area contributed by atoms with Crippen LogP contribution in [-0.2, 0) is 14.3 Å². The number of methoxy groups -OCH3 is 1. The second kappa shape index (κ2) is 7.75. The molecule has 110 valence electrons. The van der Waals surface area contributed by atoms with Gasteiger partial charge in [-0.15, -0.1) is 0 Å². The first-order chi connectivity index (χ1) is 9.45. The van der Waals surface area contributed by atoms with Gasteiger partial charge in [-0.1, -0.05) is 23.7 Å². The lowest BCUT2D eigenvalue weighted by molar-refractivity contribution is -0.149. The molecule has 20 heavy (non-hydrogen) atoms. The quantitative estimate of drug-likeness (QED) is 0.755. The first-order valence-electron chi connectivity index (χ1n) is 6.19. The highest BCUT2D eigenvalue weighted by Crippen LogP contribution is 2.23. The van der Waals surface area contributed by atoms with E-state index in [1.165, 1.54) is 12.0 Å². The lowest BCUT2D eigenvalue weighted by Crippen LogP contribution is -2.43. The monoisotopic (exact) mass is 299 g/mol. The number of ether oxygens (including phenoxy) is 2. The zero-order valence-corrected chi connectivity index (χ0v) is 12.5. The number of carbonyl (C=O) groups excluding carboxylic acids is 2. The second-order valence-corrected chi connectivity index (χ2v) is 4.82. The van der Waals surface area contributed by atoms with Crippen LogP contribution in [0.15, 0.2) is 24.3 Å². The van der Waals surface area contributed by atoms with Crippen molar-refractivity contribution in [1.82, 2.24) is 4.90 Å². The number of amides is 1. The Morgan fingerprint density at radius 2 is 1.95 bits per heavy atom. The highest BCUT2D eigenvalue weighted by molar-refractivity contribution is 6.32. The first kappa shape index (κ1) is 16.3. The molecule has 1 amide bonds. The standard InChI is InChI=1S/C14H18ClNO4/c1-10(2)16(8-14(18)19-3)13(17)9-20-12-7-5-4-6-11(12)15/h4-7,10H,8-9H2,1-3H3. The molecular formula is C14H18ClNO4. The summed E-state index contributed by atoms with van der Waals surface area (Å²) in [6.07, 6.45) is 0. The van der Waals surface area contributed by atoms with Crippen molar-refractivity contribution in [3.63, 3.8) is 0 Å². The Morgan fingerprint density at radius 1 is 1.30 bits per heavy atom. The summed E-state index contributed by atoms with van der Waals surface area (Å²) in [4.78, 5) is 24.7. The molecule has 0 fully saturated rings. The first-order valence-corrected chi connectivity index (χ1v) is 6.57. The molecule has 0 radical (unpaired) electrons. The molecule has 0 aliphatic carbocycles. The van der Waals surface area contributed by atoms with Crippen LogP contribution in [0.2, 0.25) is 5.02 Å². The van der Waals surface area contributed by atoms with E-state index < -0.39 is 5.97 Å². The zero-order valence-electron chi connectivity index (χ0n) is 11.8. The molecule has 0 saturated carbocycles. The van der Waals surface area contributed by atoms with Gasteiger partial charge in [0.25, 0.3) is 5.91 Å². The van der Waals surface area contributed by atoms with Crippen molar-refractivity contribution in [2.24, 2.45) is 0 Å². The van der Waals surface area contributed by atoms with Crippen LogP contribution in [0, 0.1) is 0 Å². The highest BCUT2D eigenvalue weighted by Gasteiger charge is 2.21. The van der Waals surface area contributed by atoms with Gasteiger partial charge in [0.05, 0.1) is 12.1 Å². The van der Waals surface area contributed by atoms with Crippen LogP contribution in [0.5, 0.6) is 5.75 Å². The topological polar surface area (TPSA) is 55.8 Å². The van der Waals surface area contributed by atoms with Gasteiger partial charge in [0, 0.05) is 6.04 Å². The third-order valence-corrected chi connectivity index (χ3v) is 2.97. The zero-order chi connectivity index (χ0) is 15.1. The third kappa shape index (κ3) is 4.74. The maximum Gasteiger partial charge on any atom is 0.325 e. The van der Waals surface area contributed by atoms with E-state index in [0.29, 0.717) is 10.8 Å². The Bertz CT molecular complexity index is 476. The van der Waals surface area contributed by atoms with E-state index in [2.05, 4.69) is 4.74 Å². The predicted molar refractivity (Wildman–Crippen MR) is 75.8 cm³/mol. The number of hydrogen-bond acceptors (Lipinski definition) is 4. The summed E-state index contributed by atoms with van der Waals surface area (Å²) in [5.41, 5.74) is 0. The molecule has 1 rings (SSSR count). The minimum Gasteiger partial charge on any atom is -0.482 e. The number of rotatable bonds is 6. The van der Waals surface area contributed by atoms with E-state index >= 15 is 0 Å². The van der Waals surface area contributed by atoms with Crippen molar-refractivity contribution >= 4 is 23.5 Å². The number of nitrogens with zero attached hydrogens (tertiary/aromatic N) is 1. The average molecular weight is 300 g/mol. The van der Waals surface area contributed by atoms with E-state index in [9.17, 15) is 9.59 Å².